The van der Waals surface area contributed by atoms with E-state index in [-0.39, 0.29) is 12.1 Å². The van der Waals surface area contributed by atoms with Crippen LogP contribution in [0.4, 0.5) is 0 Å². The van der Waals surface area contributed by atoms with Crippen molar-refractivity contribution in [2.75, 3.05) is 0 Å². The van der Waals surface area contributed by atoms with Crippen LogP contribution in [0, 0.1) is 6.92 Å². The number of aryl methyl sites for hydroxylation is 1. The highest BCUT2D eigenvalue weighted by Gasteiger charge is 2.16. The van der Waals surface area contributed by atoms with Crippen molar-refractivity contribution in [3.63, 3.8) is 0 Å². The molecule has 0 bridgehead atoms. The highest BCUT2D eigenvalue weighted by molar-refractivity contribution is 6.33. The highest BCUT2D eigenvalue weighted by Crippen LogP contribution is 2.21. The van der Waals surface area contributed by atoms with Crippen molar-refractivity contribution in [1.82, 2.24) is 0 Å². The molecule has 0 radical (unpaired) electrons. The van der Waals surface area contributed by atoms with E-state index < -0.39 is 0 Å². The molecule has 1 rings (SSSR count). The molecule has 0 heterocycles. The third kappa shape index (κ3) is 2.96. The Hall–Kier alpha value is -1.02. The number of esters is 1. The van der Waals surface area contributed by atoms with Crippen LogP contribution in [0.5, 0.6) is 0 Å². The Morgan fingerprint density at radius 1 is 1.53 bits per heavy atom. The van der Waals surface area contributed by atoms with Crippen LogP contribution < -0.4 is 0 Å². The van der Waals surface area contributed by atoms with Gasteiger partial charge in [0.2, 0.25) is 0 Å². The van der Waals surface area contributed by atoms with Gasteiger partial charge < -0.3 is 4.74 Å². The first-order valence-corrected chi connectivity index (χ1v) is 5.40. The molecule has 0 aliphatic rings. The molecular weight excluding hydrogens is 212 g/mol. The SMILES string of the molecule is CCC(C)OC(=O)c1c(C)cccc1Cl. The van der Waals surface area contributed by atoms with Gasteiger partial charge >= 0.3 is 5.97 Å². The van der Waals surface area contributed by atoms with Gasteiger partial charge in [0.25, 0.3) is 0 Å². The Labute approximate surface area is 95.2 Å². The molecule has 1 aromatic rings. The lowest BCUT2D eigenvalue weighted by atomic mass is 10.1. The first-order valence-electron chi connectivity index (χ1n) is 5.02. The fraction of sp³-hybridized carbons (Fsp3) is 0.417. The second-order valence-corrected chi connectivity index (χ2v) is 3.96. The first-order chi connectivity index (χ1) is 7.06. The molecule has 1 unspecified atom stereocenters. The first kappa shape index (κ1) is 12.1. The van der Waals surface area contributed by atoms with E-state index in [1.165, 1.54) is 0 Å². The number of halogens is 1. The van der Waals surface area contributed by atoms with E-state index in [1.807, 2.05) is 32.9 Å². The van der Waals surface area contributed by atoms with Crippen LogP contribution in [0.3, 0.4) is 0 Å². The fourth-order valence-electron chi connectivity index (χ4n) is 1.22. The quantitative estimate of drug-likeness (QED) is 0.736. The van der Waals surface area contributed by atoms with Gasteiger partial charge in [0, 0.05) is 0 Å². The average Bonchev–Trinajstić information content (AvgIpc) is 2.17. The normalized spacial score (nSPS) is 12.3. The maximum atomic E-state index is 11.7. The summed E-state index contributed by atoms with van der Waals surface area (Å²) < 4.78 is 5.22. The van der Waals surface area contributed by atoms with Crippen molar-refractivity contribution in [2.45, 2.75) is 33.3 Å². The largest absolute Gasteiger partial charge is 0.459 e. The zero-order chi connectivity index (χ0) is 11.4. The molecule has 0 saturated heterocycles. The molecule has 1 aromatic carbocycles. The number of benzene rings is 1. The Balaban J connectivity index is 2.91. The van der Waals surface area contributed by atoms with Gasteiger partial charge in [-0.05, 0) is 31.9 Å². The van der Waals surface area contributed by atoms with Crippen LogP contribution in [0.15, 0.2) is 18.2 Å². The molecule has 0 aromatic heterocycles. The summed E-state index contributed by atoms with van der Waals surface area (Å²) in [6.45, 7) is 5.68. The van der Waals surface area contributed by atoms with Gasteiger partial charge in [-0.15, -0.1) is 0 Å². The Morgan fingerprint density at radius 2 is 2.20 bits per heavy atom. The van der Waals surface area contributed by atoms with Gasteiger partial charge in [-0.25, -0.2) is 4.79 Å². The molecule has 1 atom stereocenters. The fourth-order valence-corrected chi connectivity index (χ4v) is 1.51. The molecule has 2 nitrogen and oxygen atoms in total. The Bertz CT molecular complexity index is 340. The lowest BCUT2D eigenvalue weighted by Crippen LogP contribution is -2.15. The molecule has 0 spiro atoms. The zero-order valence-electron chi connectivity index (χ0n) is 9.21. The molecule has 0 aliphatic carbocycles. The van der Waals surface area contributed by atoms with Gasteiger partial charge in [-0.1, -0.05) is 30.7 Å². The zero-order valence-corrected chi connectivity index (χ0v) is 9.97. The number of hydrogen-bond donors (Lipinski definition) is 0. The number of hydrogen-bond acceptors (Lipinski definition) is 2. The second kappa shape index (κ2) is 5.17. The van der Waals surface area contributed by atoms with E-state index in [1.54, 1.807) is 6.07 Å². The van der Waals surface area contributed by atoms with Crippen molar-refractivity contribution in [1.29, 1.82) is 0 Å². The van der Waals surface area contributed by atoms with E-state index in [0.717, 1.165) is 12.0 Å². The minimum Gasteiger partial charge on any atom is -0.459 e. The molecular formula is C12H15ClO2. The summed E-state index contributed by atoms with van der Waals surface area (Å²) in [5, 5.41) is 0.448. The lowest BCUT2D eigenvalue weighted by Gasteiger charge is -2.12. The van der Waals surface area contributed by atoms with Gasteiger partial charge in [0.15, 0.2) is 0 Å². The molecule has 82 valence electrons. The summed E-state index contributed by atoms with van der Waals surface area (Å²) in [5.41, 5.74) is 1.32. The number of ether oxygens (including phenoxy) is 1. The van der Waals surface area contributed by atoms with Gasteiger partial charge in [-0.3, -0.25) is 0 Å². The Kier molecular flexibility index (Phi) is 4.15. The summed E-state index contributed by atoms with van der Waals surface area (Å²) >= 11 is 5.95. The minimum atomic E-state index is -0.340. The number of carbonyl (C=O) groups excluding carboxylic acids is 1. The van der Waals surface area contributed by atoms with E-state index in [2.05, 4.69) is 0 Å². The number of carbonyl (C=O) groups is 1. The molecule has 15 heavy (non-hydrogen) atoms. The predicted molar refractivity (Wildman–Crippen MR) is 61.4 cm³/mol. The van der Waals surface area contributed by atoms with Crippen LogP contribution in [0.2, 0.25) is 5.02 Å². The molecule has 0 saturated carbocycles. The van der Waals surface area contributed by atoms with E-state index in [4.69, 9.17) is 16.3 Å². The van der Waals surface area contributed by atoms with Crippen molar-refractivity contribution in [2.24, 2.45) is 0 Å². The molecule has 0 fully saturated rings. The van der Waals surface area contributed by atoms with Gasteiger partial charge in [0.05, 0.1) is 16.7 Å². The monoisotopic (exact) mass is 226 g/mol. The topological polar surface area (TPSA) is 26.3 Å². The van der Waals surface area contributed by atoms with Crippen molar-refractivity contribution in [3.8, 4) is 0 Å². The van der Waals surface area contributed by atoms with Crippen LogP contribution in [0.1, 0.15) is 36.2 Å². The summed E-state index contributed by atoms with van der Waals surface area (Å²) in [6, 6.07) is 5.36. The smallest absolute Gasteiger partial charge is 0.340 e. The van der Waals surface area contributed by atoms with E-state index in [0.29, 0.717) is 10.6 Å². The summed E-state index contributed by atoms with van der Waals surface area (Å²) in [7, 11) is 0. The second-order valence-electron chi connectivity index (χ2n) is 3.56. The maximum absolute atomic E-state index is 11.7. The van der Waals surface area contributed by atoms with Gasteiger partial charge in [0.1, 0.15) is 0 Å². The van der Waals surface area contributed by atoms with Crippen LogP contribution >= 0.6 is 11.6 Å². The standard InChI is InChI=1S/C12H15ClO2/c1-4-9(3)15-12(14)11-8(2)6-5-7-10(11)13/h5-7,9H,4H2,1-3H3. The van der Waals surface area contributed by atoms with Crippen molar-refractivity contribution in [3.05, 3.63) is 34.3 Å². The Morgan fingerprint density at radius 3 is 2.73 bits per heavy atom. The number of rotatable bonds is 3. The molecule has 0 amide bonds. The molecule has 3 heteroatoms. The van der Waals surface area contributed by atoms with E-state index in [9.17, 15) is 4.79 Å². The predicted octanol–water partition coefficient (Wildman–Crippen LogP) is 3.60. The summed E-state index contributed by atoms with van der Waals surface area (Å²) in [6.07, 6.45) is 0.725. The summed E-state index contributed by atoms with van der Waals surface area (Å²) in [4.78, 5) is 11.7. The third-order valence-electron chi connectivity index (χ3n) is 2.31. The van der Waals surface area contributed by atoms with Crippen LogP contribution in [-0.2, 0) is 4.74 Å². The van der Waals surface area contributed by atoms with Crippen molar-refractivity contribution < 1.29 is 9.53 Å². The summed E-state index contributed by atoms with van der Waals surface area (Å²) in [5.74, 6) is -0.340. The minimum absolute atomic E-state index is 0.0758. The third-order valence-corrected chi connectivity index (χ3v) is 2.62. The van der Waals surface area contributed by atoms with Crippen LogP contribution in [-0.4, -0.2) is 12.1 Å². The van der Waals surface area contributed by atoms with E-state index >= 15 is 0 Å². The lowest BCUT2D eigenvalue weighted by molar-refractivity contribution is 0.0334. The average molecular weight is 227 g/mol. The van der Waals surface area contributed by atoms with Crippen molar-refractivity contribution >= 4 is 17.6 Å². The van der Waals surface area contributed by atoms with Gasteiger partial charge in [-0.2, -0.15) is 0 Å². The highest BCUT2D eigenvalue weighted by atomic mass is 35.5. The van der Waals surface area contributed by atoms with Crippen LogP contribution in [0.25, 0.3) is 0 Å². The molecule has 0 aliphatic heterocycles. The molecule has 0 N–H and O–H groups in total. The maximum Gasteiger partial charge on any atom is 0.340 e.